The molecule has 0 saturated carbocycles. The summed E-state index contributed by atoms with van der Waals surface area (Å²) in [6.45, 7) is 2.14. The van der Waals surface area contributed by atoms with E-state index in [1.165, 1.54) is 6.92 Å². The highest BCUT2D eigenvalue weighted by atomic mass is 16.2. The molecule has 0 fully saturated rings. The number of benzene rings is 2. The van der Waals surface area contributed by atoms with Gasteiger partial charge in [-0.3, -0.25) is 14.4 Å². The van der Waals surface area contributed by atoms with E-state index in [1.807, 2.05) is 17.0 Å². The van der Waals surface area contributed by atoms with Crippen LogP contribution in [0.1, 0.15) is 34.8 Å². The van der Waals surface area contributed by atoms with Gasteiger partial charge in [0.15, 0.2) is 0 Å². The van der Waals surface area contributed by atoms with Crippen LogP contribution in [0, 0.1) is 0 Å². The summed E-state index contributed by atoms with van der Waals surface area (Å²) in [5.41, 5.74) is 4.98. The van der Waals surface area contributed by atoms with Crippen LogP contribution in [0.15, 0.2) is 36.4 Å². The van der Waals surface area contributed by atoms with Crippen molar-refractivity contribution in [1.29, 1.82) is 0 Å². The molecule has 2 N–H and O–H groups in total. The molecular weight excluding hydrogens is 330 g/mol. The summed E-state index contributed by atoms with van der Waals surface area (Å²) in [5.74, 6) is -0.187. The summed E-state index contributed by atoms with van der Waals surface area (Å²) in [6, 6.07) is 10.8. The van der Waals surface area contributed by atoms with Crippen molar-refractivity contribution in [2.45, 2.75) is 26.2 Å². The van der Waals surface area contributed by atoms with Crippen molar-refractivity contribution < 1.29 is 14.4 Å². The Morgan fingerprint density at radius 2 is 1.65 bits per heavy atom. The van der Waals surface area contributed by atoms with Gasteiger partial charge in [-0.2, -0.15) is 0 Å². The summed E-state index contributed by atoms with van der Waals surface area (Å²) < 4.78 is 0. The van der Waals surface area contributed by atoms with E-state index < -0.39 is 0 Å². The lowest BCUT2D eigenvalue weighted by atomic mass is 9.96. The number of rotatable bonds is 3. The highest BCUT2D eigenvalue weighted by Crippen LogP contribution is 2.37. The molecule has 6 nitrogen and oxygen atoms in total. The molecule has 0 aromatic heterocycles. The van der Waals surface area contributed by atoms with E-state index in [2.05, 4.69) is 10.6 Å². The molecule has 132 valence electrons. The number of amides is 3. The molecule has 0 bridgehead atoms. The molecule has 2 aromatic carbocycles. The minimum Gasteiger partial charge on any atom is -0.326 e. The molecule has 2 heterocycles. The Morgan fingerprint density at radius 1 is 0.962 bits per heavy atom. The van der Waals surface area contributed by atoms with Crippen LogP contribution in [-0.2, 0) is 22.4 Å². The summed E-state index contributed by atoms with van der Waals surface area (Å²) in [6.07, 6.45) is 1.96. The summed E-state index contributed by atoms with van der Waals surface area (Å²) >= 11 is 0. The van der Waals surface area contributed by atoms with Crippen molar-refractivity contribution in [2.75, 3.05) is 22.1 Å². The smallest absolute Gasteiger partial charge is 0.255 e. The van der Waals surface area contributed by atoms with Gasteiger partial charge in [0.25, 0.3) is 5.91 Å². The molecule has 0 saturated heterocycles. The fraction of sp³-hybridized carbons (Fsp3) is 0.250. The molecular formula is C20H19N3O3. The number of nitrogens with zero attached hydrogens (tertiary/aromatic N) is 1. The van der Waals surface area contributed by atoms with E-state index in [4.69, 9.17) is 0 Å². The van der Waals surface area contributed by atoms with Gasteiger partial charge in [-0.25, -0.2) is 0 Å². The first kappa shape index (κ1) is 16.3. The number of aryl methyl sites for hydroxylation is 1. The summed E-state index contributed by atoms with van der Waals surface area (Å²) in [5, 5.41) is 5.58. The van der Waals surface area contributed by atoms with Crippen molar-refractivity contribution in [3.63, 3.8) is 0 Å². The number of anilines is 3. The van der Waals surface area contributed by atoms with E-state index in [0.29, 0.717) is 36.3 Å². The number of carbonyl (C=O) groups excluding carboxylic acids is 3. The molecule has 0 atom stereocenters. The van der Waals surface area contributed by atoms with E-state index in [1.54, 1.807) is 24.3 Å². The van der Waals surface area contributed by atoms with Gasteiger partial charge in [-0.15, -0.1) is 0 Å². The Labute approximate surface area is 151 Å². The summed E-state index contributed by atoms with van der Waals surface area (Å²) in [7, 11) is 0. The number of carbonyl (C=O) groups is 3. The Balaban J connectivity index is 1.58. The van der Waals surface area contributed by atoms with Crippen LogP contribution in [-0.4, -0.2) is 24.3 Å². The molecule has 26 heavy (non-hydrogen) atoms. The van der Waals surface area contributed by atoms with Gasteiger partial charge in [0.2, 0.25) is 11.8 Å². The first-order valence-corrected chi connectivity index (χ1v) is 8.66. The number of hydrogen-bond acceptors (Lipinski definition) is 3. The van der Waals surface area contributed by atoms with Crippen molar-refractivity contribution in [2.24, 2.45) is 0 Å². The maximum Gasteiger partial charge on any atom is 0.255 e. The van der Waals surface area contributed by atoms with E-state index in [9.17, 15) is 14.4 Å². The van der Waals surface area contributed by atoms with Crippen molar-refractivity contribution in [1.82, 2.24) is 0 Å². The van der Waals surface area contributed by atoms with Gasteiger partial charge in [0.05, 0.1) is 5.69 Å². The first-order valence-electron chi connectivity index (χ1n) is 8.66. The molecule has 2 aromatic rings. The lowest BCUT2D eigenvalue weighted by molar-refractivity contribution is -0.118. The Hall–Kier alpha value is -3.15. The van der Waals surface area contributed by atoms with Gasteiger partial charge in [0.1, 0.15) is 0 Å². The van der Waals surface area contributed by atoms with Gasteiger partial charge >= 0.3 is 0 Å². The summed E-state index contributed by atoms with van der Waals surface area (Å²) in [4.78, 5) is 37.7. The maximum absolute atomic E-state index is 12.7. The van der Waals surface area contributed by atoms with Crippen molar-refractivity contribution in [3.05, 3.63) is 53.1 Å². The molecule has 2 aliphatic rings. The second-order valence-corrected chi connectivity index (χ2v) is 6.65. The third kappa shape index (κ3) is 2.94. The highest BCUT2D eigenvalue weighted by molar-refractivity contribution is 6.06. The molecule has 0 aliphatic carbocycles. The van der Waals surface area contributed by atoms with Crippen LogP contribution in [0.4, 0.5) is 17.1 Å². The topological polar surface area (TPSA) is 78.5 Å². The Bertz CT molecular complexity index is 936. The fourth-order valence-corrected chi connectivity index (χ4v) is 3.67. The molecule has 0 radical (unpaired) electrons. The molecule has 4 rings (SSSR count). The largest absolute Gasteiger partial charge is 0.326 e. The zero-order valence-electron chi connectivity index (χ0n) is 14.5. The molecule has 3 amide bonds. The van der Waals surface area contributed by atoms with Crippen LogP contribution < -0.4 is 15.5 Å². The minimum absolute atomic E-state index is 0.162. The minimum atomic E-state index is -0.195. The first-order chi connectivity index (χ1) is 12.5. The predicted molar refractivity (Wildman–Crippen MR) is 99.5 cm³/mol. The van der Waals surface area contributed by atoms with E-state index in [-0.39, 0.29) is 17.7 Å². The highest BCUT2D eigenvalue weighted by Gasteiger charge is 2.32. The van der Waals surface area contributed by atoms with Crippen LogP contribution >= 0.6 is 0 Å². The van der Waals surface area contributed by atoms with Crippen LogP contribution in [0.2, 0.25) is 0 Å². The SMILES string of the molecule is CC(=O)Nc1cccc(NC(=O)c2cc3c4c(c2)CCN4C(=O)CC3)c1. The monoisotopic (exact) mass is 349 g/mol. The van der Waals surface area contributed by atoms with Crippen LogP contribution in [0.25, 0.3) is 0 Å². The van der Waals surface area contributed by atoms with Crippen LogP contribution in [0.5, 0.6) is 0 Å². The van der Waals surface area contributed by atoms with E-state index >= 15 is 0 Å². The lowest BCUT2D eigenvalue weighted by Crippen LogP contribution is -2.33. The Kier molecular flexibility index (Phi) is 3.95. The van der Waals surface area contributed by atoms with Crippen molar-refractivity contribution >= 4 is 34.8 Å². The van der Waals surface area contributed by atoms with Gasteiger partial charge in [-0.05, 0) is 54.3 Å². The average molecular weight is 349 g/mol. The van der Waals surface area contributed by atoms with Crippen molar-refractivity contribution in [3.8, 4) is 0 Å². The number of hydrogen-bond donors (Lipinski definition) is 2. The van der Waals surface area contributed by atoms with E-state index in [0.717, 1.165) is 23.2 Å². The zero-order valence-corrected chi connectivity index (χ0v) is 14.5. The zero-order chi connectivity index (χ0) is 18.3. The molecule has 0 unspecified atom stereocenters. The fourth-order valence-electron chi connectivity index (χ4n) is 3.67. The Morgan fingerprint density at radius 3 is 2.38 bits per heavy atom. The molecule has 0 spiro atoms. The van der Waals surface area contributed by atoms with Gasteiger partial charge < -0.3 is 15.5 Å². The molecule has 2 aliphatic heterocycles. The third-order valence-electron chi connectivity index (χ3n) is 4.75. The third-order valence-corrected chi connectivity index (χ3v) is 4.75. The van der Waals surface area contributed by atoms with Gasteiger partial charge in [-0.1, -0.05) is 6.07 Å². The lowest BCUT2D eigenvalue weighted by Gasteiger charge is -2.25. The quantitative estimate of drug-likeness (QED) is 0.894. The maximum atomic E-state index is 12.7. The molecule has 6 heteroatoms. The van der Waals surface area contributed by atoms with Gasteiger partial charge in [0, 0.05) is 36.8 Å². The predicted octanol–water partition coefficient (Wildman–Crippen LogP) is 2.73. The second-order valence-electron chi connectivity index (χ2n) is 6.65. The standard InChI is InChI=1S/C20H19N3O3/c1-12(24)21-16-3-2-4-17(11-16)22-20(26)15-9-13-5-6-18(25)23-8-7-14(10-15)19(13)23/h2-4,9-11H,5-8H2,1H3,(H,21,24)(H,22,26). The number of nitrogens with one attached hydrogen (secondary N) is 2. The second kappa shape index (κ2) is 6.29. The average Bonchev–Trinajstić information content (AvgIpc) is 3.03. The normalized spacial score (nSPS) is 14.8. The van der Waals surface area contributed by atoms with Crippen LogP contribution in [0.3, 0.4) is 0 Å².